The summed E-state index contributed by atoms with van der Waals surface area (Å²) in [7, 11) is 0. The molecule has 1 aromatic heterocycles. The fraction of sp³-hybridized carbons (Fsp3) is 0.294. The average molecular weight is 362 g/mol. The first kappa shape index (κ1) is 18.9. The van der Waals surface area contributed by atoms with Crippen LogP contribution in [-0.4, -0.2) is 28.0 Å². The van der Waals surface area contributed by atoms with Crippen LogP contribution in [0.3, 0.4) is 0 Å². The van der Waals surface area contributed by atoms with Gasteiger partial charge in [0.1, 0.15) is 5.82 Å². The van der Waals surface area contributed by atoms with Gasteiger partial charge in [-0.05, 0) is 56.4 Å². The van der Waals surface area contributed by atoms with Crippen molar-refractivity contribution in [3.05, 3.63) is 52.6 Å². The Bertz CT molecular complexity index is 758. The molecule has 8 heteroatoms. The Kier molecular flexibility index (Phi) is 6.46. The van der Waals surface area contributed by atoms with Gasteiger partial charge in [0.25, 0.3) is 5.91 Å². The average Bonchev–Trinajstić information content (AvgIpc) is 2.59. The molecule has 2 rings (SSSR count). The van der Waals surface area contributed by atoms with Gasteiger partial charge < -0.3 is 0 Å². The van der Waals surface area contributed by atoms with Crippen LogP contribution in [0.25, 0.3) is 0 Å². The number of carbonyl (C=O) groups excluding carboxylic acids is 2. The fourth-order valence-corrected chi connectivity index (χ4v) is 2.72. The number of nitrogens with zero attached hydrogens (tertiary/aromatic N) is 2. The number of thioether (sulfide) groups is 1. The van der Waals surface area contributed by atoms with Crippen molar-refractivity contribution >= 4 is 23.6 Å². The van der Waals surface area contributed by atoms with Gasteiger partial charge in [0.15, 0.2) is 5.16 Å². The van der Waals surface area contributed by atoms with E-state index in [2.05, 4.69) is 20.8 Å². The van der Waals surface area contributed by atoms with E-state index in [1.54, 1.807) is 0 Å². The van der Waals surface area contributed by atoms with Gasteiger partial charge in [-0.25, -0.2) is 14.4 Å². The van der Waals surface area contributed by atoms with Crippen LogP contribution in [0.15, 0.2) is 29.4 Å². The summed E-state index contributed by atoms with van der Waals surface area (Å²) >= 11 is 1.47. The standard InChI is InChI=1S/C17H19FN4O2S/c1-10-14(11(2)20-17(19-10)25-3)8-9-15(23)21-22-16(24)12-4-6-13(18)7-5-12/h4-7H,8-9H2,1-3H3,(H,21,23)(H,22,24). The normalized spacial score (nSPS) is 10.4. The molecular weight excluding hydrogens is 343 g/mol. The number of rotatable bonds is 5. The Labute approximate surface area is 149 Å². The topological polar surface area (TPSA) is 84.0 Å². The summed E-state index contributed by atoms with van der Waals surface area (Å²) in [6.07, 6.45) is 2.57. The zero-order valence-electron chi connectivity index (χ0n) is 14.2. The molecule has 0 aliphatic rings. The molecule has 2 amide bonds. The van der Waals surface area contributed by atoms with Gasteiger partial charge in [-0.3, -0.25) is 20.4 Å². The van der Waals surface area contributed by atoms with Gasteiger partial charge in [0, 0.05) is 23.4 Å². The molecule has 0 atom stereocenters. The van der Waals surface area contributed by atoms with Crippen molar-refractivity contribution in [1.82, 2.24) is 20.8 Å². The van der Waals surface area contributed by atoms with Crippen molar-refractivity contribution in [1.29, 1.82) is 0 Å². The molecular formula is C17H19FN4O2S. The lowest BCUT2D eigenvalue weighted by Gasteiger charge is -2.11. The number of aryl methyl sites for hydroxylation is 2. The highest BCUT2D eigenvalue weighted by Gasteiger charge is 2.12. The number of hydrazine groups is 1. The van der Waals surface area contributed by atoms with Crippen LogP contribution in [0.2, 0.25) is 0 Å². The van der Waals surface area contributed by atoms with Crippen molar-refractivity contribution < 1.29 is 14.0 Å². The molecule has 0 radical (unpaired) electrons. The van der Waals surface area contributed by atoms with E-state index in [0.29, 0.717) is 11.6 Å². The molecule has 0 saturated heterocycles. The third kappa shape index (κ3) is 5.25. The predicted octanol–water partition coefficient (Wildman–Crippen LogP) is 2.35. The lowest BCUT2D eigenvalue weighted by Crippen LogP contribution is -2.41. The molecule has 0 aliphatic carbocycles. The van der Waals surface area contributed by atoms with Crippen LogP contribution < -0.4 is 10.9 Å². The minimum atomic E-state index is -0.506. The Balaban J connectivity index is 1.87. The molecule has 0 bridgehead atoms. The minimum Gasteiger partial charge on any atom is -0.273 e. The summed E-state index contributed by atoms with van der Waals surface area (Å²) in [5.41, 5.74) is 7.54. The summed E-state index contributed by atoms with van der Waals surface area (Å²) < 4.78 is 12.8. The smallest absolute Gasteiger partial charge is 0.269 e. The van der Waals surface area contributed by atoms with Gasteiger partial charge in [-0.15, -0.1) is 0 Å². The summed E-state index contributed by atoms with van der Waals surface area (Å²) in [5.74, 6) is -1.27. The first-order chi connectivity index (χ1) is 11.9. The first-order valence-electron chi connectivity index (χ1n) is 7.63. The summed E-state index contributed by atoms with van der Waals surface area (Å²) in [4.78, 5) is 32.5. The third-order valence-corrected chi connectivity index (χ3v) is 4.15. The lowest BCUT2D eigenvalue weighted by atomic mass is 10.1. The van der Waals surface area contributed by atoms with Crippen molar-refractivity contribution in [3.63, 3.8) is 0 Å². The number of hydrogen-bond donors (Lipinski definition) is 2. The van der Waals surface area contributed by atoms with E-state index in [-0.39, 0.29) is 17.9 Å². The molecule has 0 saturated carbocycles. The van der Waals surface area contributed by atoms with Crippen LogP contribution in [0.4, 0.5) is 4.39 Å². The number of aromatic nitrogens is 2. The van der Waals surface area contributed by atoms with Crippen LogP contribution in [-0.2, 0) is 11.2 Å². The Hall–Kier alpha value is -2.48. The number of nitrogens with one attached hydrogen (secondary N) is 2. The second-order valence-electron chi connectivity index (χ2n) is 5.37. The van der Waals surface area contributed by atoms with E-state index in [4.69, 9.17) is 0 Å². The van der Waals surface area contributed by atoms with Gasteiger partial charge in [0.05, 0.1) is 0 Å². The SMILES string of the molecule is CSc1nc(C)c(CCC(=O)NNC(=O)c2ccc(F)cc2)c(C)n1. The molecule has 2 aromatic rings. The quantitative estimate of drug-likeness (QED) is 0.485. The van der Waals surface area contributed by atoms with Crippen molar-refractivity contribution in [2.24, 2.45) is 0 Å². The summed E-state index contributed by atoms with van der Waals surface area (Å²) in [5, 5.41) is 0.703. The van der Waals surface area contributed by atoms with Crippen molar-refractivity contribution in [2.75, 3.05) is 6.26 Å². The molecule has 0 unspecified atom stereocenters. The van der Waals surface area contributed by atoms with Crippen molar-refractivity contribution in [3.8, 4) is 0 Å². The largest absolute Gasteiger partial charge is 0.273 e. The fourth-order valence-electron chi connectivity index (χ4n) is 2.26. The summed E-state index contributed by atoms with van der Waals surface area (Å²) in [6, 6.07) is 5.05. The third-order valence-electron chi connectivity index (χ3n) is 3.61. The number of benzene rings is 1. The zero-order chi connectivity index (χ0) is 18.4. The Morgan fingerprint density at radius 1 is 1.08 bits per heavy atom. The molecule has 0 spiro atoms. The highest BCUT2D eigenvalue weighted by atomic mass is 32.2. The monoisotopic (exact) mass is 362 g/mol. The minimum absolute atomic E-state index is 0.188. The second kappa shape index (κ2) is 8.57. The Morgan fingerprint density at radius 2 is 1.68 bits per heavy atom. The highest BCUT2D eigenvalue weighted by Crippen LogP contribution is 2.17. The molecule has 1 aromatic carbocycles. The second-order valence-corrected chi connectivity index (χ2v) is 6.14. The van der Waals surface area contributed by atoms with E-state index >= 15 is 0 Å². The molecule has 132 valence electrons. The molecule has 0 fully saturated rings. The first-order valence-corrected chi connectivity index (χ1v) is 8.86. The van der Waals surface area contributed by atoms with E-state index in [0.717, 1.165) is 17.0 Å². The number of halogens is 1. The maximum atomic E-state index is 12.8. The number of hydrogen-bond acceptors (Lipinski definition) is 5. The van der Waals surface area contributed by atoms with E-state index < -0.39 is 11.7 Å². The van der Waals surface area contributed by atoms with Crippen LogP contribution >= 0.6 is 11.8 Å². The summed E-state index contributed by atoms with van der Waals surface area (Å²) in [6.45, 7) is 3.77. The molecule has 2 N–H and O–H groups in total. The van der Waals surface area contributed by atoms with Crippen LogP contribution in [0.1, 0.15) is 33.7 Å². The van der Waals surface area contributed by atoms with Gasteiger partial charge in [-0.2, -0.15) is 0 Å². The van der Waals surface area contributed by atoms with Crippen molar-refractivity contribution in [2.45, 2.75) is 31.8 Å². The highest BCUT2D eigenvalue weighted by molar-refractivity contribution is 7.98. The van der Waals surface area contributed by atoms with E-state index in [1.807, 2.05) is 20.1 Å². The maximum absolute atomic E-state index is 12.8. The lowest BCUT2D eigenvalue weighted by molar-refractivity contribution is -0.121. The van der Waals surface area contributed by atoms with E-state index in [9.17, 15) is 14.0 Å². The predicted molar refractivity (Wildman–Crippen MR) is 93.6 cm³/mol. The molecule has 25 heavy (non-hydrogen) atoms. The van der Waals surface area contributed by atoms with Crippen LogP contribution in [0.5, 0.6) is 0 Å². The van der Waals surface area contributed by atoms with Gasteiger partial charge in [-0.1, -0.05) is 11.8 Å². The maximum Gasteiger partial charge on any atom is 0.269 e. The number of amides is 2. The Morgan fingerprint density at radius 3 is 2.24 bits per heavy atom. The van der Waals surface area contributed by atoms with Crippen LogP contribution in [0, 0.1) is 19.7 Å². The molecule has 0 aliphatic heterocycles. The van der Waals surface area contributed by atoms with Gasteiger partial charge >= 0.3 is 0 Å². The van der Waals surface area contributed by atoms with Gasteiger partial charge in [0.2, 0.25) is 5.91 Å². The van der Waals surface area contributed by atoms with E-state index in [1.165, 1.54) is 36.0 Å². The molecule has 6 nitrogen and oxygen atoms in total. The molecule has 1 heterocycles. The number of carbonyl (C=O) groups is 2. The zero-order valence-corrected chi connectivity index (χ0v) is 15.0.